The lowest BCUT2D eigenvalue weighted by Crippen LogP contribution is -2.03. The Morgan fingerprint density at radius 3 is 2.25 bits per heavy atom. The van der Waals surface area contributed by atoms with E-state index in [0.29, 0.717) is 19.3 Å². The highest BCUT2D eigenvalue weighted by Gasteiger charge is 2.01. The van der Waals surface area contributed by atoms with E-state index in [1.165, 1.54) is 32.1 Å². The maximum absolute atomic E-state index is 11.3. The van der Waals surface area contributed by atoms with Gasteiger partial charge in [-0.2, -0.15) is 0 Å². The quantitative estimate of drug-likeness (QED) is 0.380. The van der Waals surface area contributed by atoms with E-state index in [1.54, 1.807) is 0 Å². The van der Waals surface area contributed by atoms with Gasteiger partial charge in [-0.3, -0.25) is 9.59 Å². The molecule has 0 bridgehead atoms. The maximum atomic E-state index is 11.3. The molecule has 0 aromatic heterocycles. The van der Waals surface area contributed by atoms with Crippen LogP contribution in [0.5, 0.6) is 0 Å². The largest absolute Gasteiger partial charge is 0.467 e. The third kappa shape index (κ3) is 11.2. The average Bonchev–Trinajstić information content (AvgIpc) is 2.28. The Morgan fingerprint density at radius 1 is 1.00 bits per heavy atom. The molecule has 16 heavy (non-hydrogen) atoms. The standard InChI is InChI=1S/C13H24O3/c1-2-3-4-5-6-7-8-9-13(15)10-11-16-12-14/h12H,2-11H2,1H3. The van der Waals surface area contributed by atoms with Crippen molar-refractivity contribution >= 4 is 12.3 Å². The first-order chi connectivity index (χ1) is 7.81. The maximum Gasteiger partial charge on any atom is 0.293 e. The molecular weight excluding hydrogens is 204 g/mol. The van der Waals surface area contributed by atoms with Crippen LogP contribution < -0.4 is 0 Å². The highest BCUT2D eigenvalue weighted by Crippen LogP contribution is 2.09. The molecule has 3 nitrogen and oxygen atoms in total. The van der Waals surface area contributed by atoms with Gasteiger partial charge in [-0.05, 0) is 6.42 Å². The number of carbonyl (C=O) groups is 2. The zero-order valence-corrected chi connectivity index (χ0v) is 10.4. The Balaban J connectivity index is 3.12. The molecule has 0 aliphatic rings. The number of hydrogen-bond acceptors (Lipinski definition) is 3. The predicted octanol–water partition coefficient (Wildman–Crippen LogP) is 3.26. The van der Waals surface area contributed by atoms with Crippen LogP contribution in [0.2, 0.25) is 0 Å². The van der Waals surface area contributed by atoms with Gasteiger partial charge >= 0.3 is 0 Å². The summed E-state index contributed by atoms with van der Waals surface area (Å²) in [5.74, 6) is 0.204. The van der Waals surface area contributed by atoms with Crippen molar-refractivity contribution in [2.45, 2.75) is 64.7 Å². The van der Waals surface area contributed by atoms with Gasteiger partial charge in [-0.1, -0.05) is 45.4 Å². The van der Waals surface area contributed by atoms with Gasteiger partial charge in [0.25, 0.3) is 6.47 Å². The Morgan fingerprint density at radius 2 is 1.62 bits per heavy atom. The van der Waals surface area contributed by atoms with E-state index in [-0.39, 0.29) is 12.4 Å². The van der Waals surface area contributed by atoms with Crippen molar-refractivity contribution in [2.75, 3.05) is 6.61 Å². The Bertz CT molecular complexity index is 178. The molecule has 3 heteroatoms. The van der Waals surface area contributed by atoms with Crippen molar-refractivity contribution in [3.8, 4) is 0 Å². The van der Waals surface area contributed by atoms with Crippen LogP contribution in [-0.4, -0.2) is 18.9 Å². The molecule has 0 N–H and O–H groups in total. The van der Waals surface area contributed by atoms with Crippen LogP contribution in [0.3, 0.4) is 0 Å². The number of carbonyl (C=O) groups excluding carboxylic acids is 2. The number of ether oxygens (including phenoxy) is 1. The van der Waals surface area contributed by atoms with Crippen LogP contribution in [0.25, 0.3) is 0 Å². The van der Waals surface area contributed by atoms with Crippen LogP contribution in [-0.2, 0) is 14.3 Å². The second kappa shape index (κ2) is 12.2. The summed E-state index contributed by atoms with van der Waals surface area (Å²) < 4.78 is 4.47. The van der Waals surface area contributed by atoms with Gasteiger partial charge in [0.2, 0.25) is 0 Å². The molecule has 0 amide bonds. The van der Waals surface area contributed by atoms with Gasteiger partial charge < -0.3 is 4.74 Å². The van der Waals surface area contributed by atoms with E-state index in [9.17, 15) is 9.59 Å². The lowest BCUT2D eigenvalue weighted by molar-refractivity contribution is -0.130. The minimum Gasteiger partial charge on any atom is -0.467 e. The SMILES string of the molecule is CCCCCCCCCC(=O)CCOC=O. The minimum atomic E-state index is 0.204. The molecule has 0 spiro atoms. The fourth-order valence-corrected chi connectivity index (χ4v) is 1.63. The predicted molar refractivity (Wildman–Crippen MR) is 64.3 cm³/mol. The smallest absolute Gasteiger partial charge is 0.293 e. The van der Waals surface area contributed by atoms with E-state index >= 15 is 0 Å². The van der Waals surface area contributed by atoms with E-state index in [0.717, 1.165) is 12.8 Å². The summed E-state index contributed by atoms with van der Waals surface area (Å²) in [4.78, 5) is 21.1. The monoisotopic (exact) mass is 228 g/mol. The van der Waals surface area contributed by atoms with Crippen molar-refractivity contribution in [3.63, 3.8) is 0 Å². The van der Waals surface area contributed by atoms with Crippen LogP contribution in [0.15, 0.2) is 0 Å². The Hall–Kier alpha value is -0.860. The van der Waals surface area contributed by atoms with Crippen molar-refractivity contribution in [1.29, 1.82) is 0 Å². The molecule has 0 unspecified atom stereocenters. The molecule has 94 valence electrons. The van der Waals surface area contributed by atoms with E-state index in [1.807, 2.05) is 0 Å². The Labute approximate surface area is 98.6 Å². The molecule has 0 heterocycles. The lowest BCUT2D eigenvalue weighted by atomic mass is 10.1. The zero-order valence-electron chi connectivity index (χ0n) is 10.4. The summed E-state index contributed by atoms with van der Waals surface area (Å²) in [5, 5.41) is 0. The third-order valence-corrected chi connectivity index (χ3v) is 2.63. The molecule has 0 radical (unpaired) electrons. The highest BCUT2D eigenvalue weighted by molar-refractivity contribution is 5.78. The van der Waals surface area contributed by atoms with Crippen molar-refractivity contribution in [3.05, 3.63) is 0 Å². The van der Waals surface area contributed by atoms with Gasteiger partial charge in [0.1, 0.15) is 5.78 Å². The fraction of sp³-hybridized carbons (Fsp3) is 0.846. The molecule has 0 saturated heterocycles. The number of rotatable bonds is 12. The second-order valence-corrected chi connectivity index (χ2v) is 4.13. The zero-order chi connectivity index (χ0) is 12.1. The number of unbranched alkanes of at least 4 members (excludes halogenated alkanes) is 6. The topological polar surface area (TPSA) is 43.4 Å². The number of ketones is 1. The first-order valence-corrected chi connectivity index (χ1v) is 6.38. The molecule has 0 atom stereocenters. The third-order valence-electron chi connectivity index (χ3n) is 2.63. The van der Waals surface area contributed by atoms with Gasteiger partial charge in [0.05, 0.1) is 6.61 Å². The van der Waals surface area contributed by atoms with E-state index < -0.39 is 0 Å². The summed E-state index contributed by atoms with van der Waals surface area (Å²) >= 11 is 0. The average molecular weight is 228 g/mol. The highest BCUT2D eigenvalue weighted by atomic mass is 16.5. The summed E-state index contributed by atoms with van der Waals surface area (Å²) in [6, 6.07) is 0. The molecule has 0 rings (SSSR count). The first-order valence-electron chi connectivity index (χ1n) is 6.38. The molecule has 0 aromatic rings. The van der Waals surface area contributed by atoms with Gasteiger partial charge in [-0.15, -0.1) is 0 Å². The van der Waals surface area contributed by atoms with Crippen LogP contribution in [0.1, 0.15) is 64.7 Å². The Kier molecular flexibility index (Phi) is 11.6. The molecule has 0 saturated carbocycles. The van der Waals surface area contributed by atoms with Crippen molar-refractivity contribution in [1.82, 2.24) is 0 Å². The molecular formula is C13H24O3. The fourth-order valence-electron chi connectivity index (χ4n) is 1.63. The number of hydrogen-bond donors (Lipinski definition) is 0. The minimum absolute atomic E-state index is 0.204. The summed E-state index contributed by atoms with van der Waals surface area (Å²) in [7, 11) is 0. The van der Waals surface area contributed by atoms with Crippen molar-refractivity contribution in [2.24, 2.45) is 0 Å². The van der Waals surface area contributed by atoms with Crippen LogP contribution in [0.4, 0.5) is 0 Å². The van der Waals surface area contributed by atoms with Crippen molar-refractivity contribution < 1.29 is 14.3 Å². The van der Waals surface area contributed by atoms with E-state index in [4.69, 9.17) is 0 Å². The molecule has 0 aromatic carbocycles. The molecule has 0 aliphatic heterocycles. The summed E-state index contributed by atoms with van der Waals surface area (Å²) in [6.45, 7) is 2.83. The van der Waals surface area contributed by atoms with Gasteiger partial charge in [0.15, 0.2) is 0 Å². The van der Waals surface area contributed by atoms with E-state index in [2.05, 4.69) is 11.7 Å². The van der Waals surface area contributed by atoms with Crippen LogP contribution >= 0.6 is 0 Å². The molecule has 0 aliphatic carbocycles. The summed E-state index contributed by atoms with van der Waals surface area (Å²) in [5.41, 5.74) is 0. The van der Waals surface area contributed by atoms with Gasteiger partial charge in [-0.25, -0.2) is 0 Å². The number of Topliss-reactive ketones (excluding diaryl/α,β-unsaturated/α-hetero) is 1. The van der Waals surface area contributed by atoms with Gasteiger partial charge in [0, 0.05) is 12.8 Å². The summed E-state index contributed by atoms with van der Waals surface area (Å²) in [6.07, 6.45) is 9.56. The lowest BCUT2D eigenvalue weighted by Gasteiger charge is -2.01. The molecule has 0 fully saturated rings. The normalized spacial score (nSPS) is 10.1. The first kappa shape index (κ1) is 15.1. The second-order valence-electron chi connectivity index (χ2n) is 4.13. The van der Waals surface area contributed by atoms with Crippen LogP contribution in [0, 0.1) is 0 Å².